The van der Waals surface area contributed by atoms with Gasteiger partial charge in [-0.15, -0.1) is 0 Å². The Morgan fingerprint density at radius 3 is 2.56 bits per heavy atom. The third-order valence-corrected chi connectivity index (χ3v) is 2.97. The van der Waals surface area contributed by atoms with Crippen LogP contribution in [0.3, 0.4) is 0 Å². The minimum atomic E-state index is 0.721. The number of hydrogen-bond donors (Lipinski definition) is 1. The largest absolute Gasteiger partial charge is 0.358 e. The van der Waals surface area contributed by atoms with Crippen molar-refractivity contribution in [1.82, 2.24) is 4.98 Å². The Kier molecular flexibility index (Phi) is 4.13. The summed E-state index contributed by atoms with van der Waals surface area (Å²) in [7, 11) is 0. The van der Waals surface area contributed by atoms with Gasteiger partial charge in [0.05, 0.1) is 0 Å². The summed E-state index contributed by atoms with van der Waals surface area (Å²) in [4.78, 5) is 14.4. The molecule has 1 aromatic carbocycles. The second-order valence-electron chi connectivity index (χ2n) is 4.22. The van der Waals surface area contributed by atoms with Gasteiger partial charge < -0.3 is 4.98 Å². The number of aryl methyl sites for hydroxylation is 1. The molecule has 0 saturated carbocycles. The molecular formula is C16H17NO. The molecule has 18 heavy (non-hydrogen) atoms. The van der Waals surface area contributed by atoms with Gasteiger partial charge in [-0.1, -0.05) is 43.3 Å². The monoisotopic (exact) mass is 239 g/mol. The summed E-state index contributed by atoms with van der Waals surface area (Å²) in [5.41, 5.74) is 3.98. The third kappa shape index (κ3) is 2.98. The van der Waals surface area contributed by atoms with E-state index < -0.39 is 0 Å². The highest BCUT2D eigenvalue weighted by Gasteiger charge is 2.02. The number of hydrogen-bond acceptors (Lipinski definition) is 1. The molecule has 0 fully saturated rings. The van der Waals surface area contributed by atoms with Gasteiger partial charge in [-0.3, -0.25) is 4.79 Å². The van der Waals surface area contributed by atoms with E-state index in [4.69, 9.17) is 0 Å². The quantitative estimate of drug-likeness (QED) is 0.629. The van der Waals surface area contributed by atoms with Gasteiger partial charge in [0.15, 0.2) is 6.29 Å². The number of nitrogens with one attached hydrogen (secondary N) is 1. The van der Waals surface area contributed by atoms with Crippen LogP contribution in [0.1, 0.15) is 23.9 Å². The molecule has 2 aromatic rings. The van der Waals surface area contributed by atoms with Crippen LogP contribution in [0, 0.1) is 0 Å². The van der Waals surface area contributed by atoms with Crippen molar-refractivity contribution < 1.29 is 4.79 Å². The summed E-state index contributed by atoms with van der Waals surface area (Å²) in [6.07, 6.45) is 4.60. The van der Waals surface area contributed by atoms with Crippen molar-refractivity contribution in [3.63, 3.8) is 0 Å². The summed E-state index contributed by atoms with van der Waals surface area (Å²) in [5.74, 6) is 0. The van der Waals surface area contributed by atoms with E-state index in [2.05, 4.69) is 24.0 Å². The standard InChI is InChI=1S/C16H17NO/c1-2-15-10-11-16(17-15)14(12-18)9-8-13-6-4-3-5-7-13/h3-7,9-12,17H,2,8H2,1H3/b14-9-. The minimum Gasteiger partial charge on any atom is -0.358 e. The fraction of sp³-hybridized carbons (Fsp3) is 0.188. The molecule has 2 nitrogen and oxygen atoms in total. The van der Waals surface area contributed by atoms with Gasteiger partial charge in [-0.05, 0) is 30.5 Å². The molecule has 1 N–H and O–H groups in total. The Balaban J connectivity index is 2.15. The predicted octanol–water partition coefficient (Wildman–Crippen LogP) is 3.40. The first-order valence-corrected chi connectivity index (χ1v) is 6.21. The van der Waals surface area contributed by atoms with Crippen LogP contribution in [-0.2, 0) is 17.6 Å². The van der Waals surface area contributed by atoms with E-state index in [1.54, 1.807) is 0 Å². The molecule has 0 aliphatic rings. The lowest BCUT2D eigenvalue weighted by Crippen LogP contribution is -1.89. The first-order chi connectivity index (χ1) is 8.83. The normalized spacial score (nSPS) is 11.5. The SMILES string of the molecule is CCc1ccc(/C(C=O)=C\Cc2ccccc2)[nH]1. The number of carbonyl (C=O) groups is 1. The average Bonchev–Trinajstić information content (AvgIpc) is 2.89. The van der Waals surface area contributed by atoms with Crippen molar-refractivity contribution in [3.05, 3.63) is 65.5 Å². The van der Waals surface area contributed by atoms with Crippen LogP contribution >= 0.6 is 0 Å². The smallest absolute Gasteiger partial charge is 0.151 e. The number of rotatable bonds is 5. The van der Waals surface area contributed by atoms with Gasteiger partial charge in [-0.2, -0.15) is 0 Å². The van der Waals surface area contributed by atoms with Gasteiger partial charge >= 0.3 is 0 Å². The second-order valence-corrected chi connectivity index (χ2v) is 4.22. The number of aldehydes is 1. The third-order valence-electron chi connectivity index (χ3n) is 2.97. The summed E-state index contributed by atoms with van der Waals surface area (Å²) in [6.45, 7) is 2.09. The van der Waals surface area contributed by atoms with E-state index in [9.17, 15) is 4.79 Å². The van der Waals surface area contributed by atoms with E-state index >= 15 is 0 Å². The Bertz CT molecular complexity index is 537. The Labute approximate surface area is 107 Å². The van der Waals surface area contributed by atoms with Crippen LogP contribution < -0.4 is 0 Å². The molecule has 2 heteroatoms. The van der Waals surface area contributed by atoms with Crippen molar-refractivity contribution in [2.24, 2.45) is 0 Å². The number of allylic oxidation sites excluding steroid dienone is 2. The van der Waals surface area contributed by atoms with Crippen LogP contribution in [0.25, 0.3) is 5.57 Å². The maximum Gasteiger partial charge on any atom is 0.151 e. The second kappa shape index (κ2) is 6.01. The van der Waals surface area contributed by atoms with Crippen LogP contribution in [0.2, 0.25) is 0 Å². The molecule has 1 heterocycles. The molecule has 0 spiro atoms. The van der Waals surface area contributed by atoms with E-state index in [1.165, 1.54) is 5.56 Å². The van der Waals surface area contributed by atoms with Gasteiger partial charge in [0.2, 0.25) is 0 Å². The minimum absolute atomic E-state index is 0.721. The zero-order valence-corrected chi connectivity index (χ0v) is 10.5. The average molecular weight is 239 g/mol. The Hall–Kier alpha value is -2.09. The molecule has 0 aliphatic carbocycles. The Morgan fingerprint density at radius 1 is 1.17 bits per heavy atom. The molecular weight excluding hydrogens is 222 g/mol. The first-order valence-electron chi connectivity index (χ1n) is 6.21. The number of benzene rings is 1. The highest BCUT2D eigenvalue weighted by Crippen LogP contribution is 2.13. The zero-order chi connectivity index (χ0) is 12.8. The molecule has 0 radical (unpaired) electrons. The van der Waals surface area contributed by atoms with E-state index in [0.29, 0.717) is 0 Å². The van der Waals surface area contributed by atoms with Crippen LogP contribution in [0.5, 0.6) is 0 Å². The summed E-state index contributed by atoms with van der Waals surface area (Å²) in [5, 5.41) is 0. The molecule has 1 aromatic heterocycles. The summed E-state index contributed by atoms with van der Waals surface area (Å²) in [6, 6.07) is 14.1. The first kappa shape index (κ1) is 12.4. The lowest BCUT2D eigenvalue weighted by atomic mass is 10.1. The molecule has 0 bridgehead atoms. The summed E-state index contributed by atoms with van der Waals surface area (Å²) < 4.78 is 0. The molecule has 0 atom stereocenters. The molecule has 0 aliphatic heterocycles. The lowest BCUT2D eigenvalue weighted by molar-refractivity contribution is -0.103. The molecule has 0 amide bonds. The molecule has 0 saturated heterocycles. The maximum absolute atomic E-state index is 11.1. The molecule has 0 unspecified atom stereocenters. The summed E-state index contributed by atoms with van der Waals surface area (Å²) >= 11 is 0. The van der Waals surface area contributed by atoms with Gasteiger partial charge in [0.25, 0.3) is 0 Å². The maximum atomic E-state index is 11.1. The van der Waals surface area contributed by atoms with Crippen LogP contribution in [0.15, 0.2) is 48.5 Å². The van der Waals surface area contributed by atoms with Gasteiger partial charge in [0, 0.05) is 17.0 Å². The van der Waals surface area contributed by atoms with Gasteiger partial charge in [0.1, 0.15) is 0 Å². The number of carbonyl (C=O) groups excluding carboxylic acids is 1. The fourth-order valence-corrected chi connectivity index (χ4v) is 1.88. The Morgan fingerprint density at radius 2 is 1.94 bits per heavy atom. The predicted molar refractivity (Wildman–Crippen MR) is 74.4 cm³/mol. The van der Waals surface area contributed by atoms with Crippen molar-refractivity contribution in [3.8, 4) is 0 Å². The lowest BCUT2D eigenvalue weighted by Gasteiger charge is -1.99. The van der Waals surface area contributed by atoms with E-state index in [1.807, 2.05) is 36.4 Å². The highest BCUT2D eigenvalue weighted by molar-refractivity contribution is 6.06. The number of H-pyrrole nitrogens is 1. The number of aromatic amines is 1. The molecule has 2 rings (SSSR count). The fourth-order valence-electron chi connectivity index (χ4n) is 1.88. The molecule has 92 valence electrons. The van der Waals surface area contributed by atoms with Crippen molar-refractivity contribution in [2.75, 3.05) is 0 Å². The van der Waals surface area contributed by atoms with Crippen LogP contribution in [-0.4, -0.2) is 11.3 Å². The van der Waals surface area contributed by atoms with Crippen molar-refractivity contribution >= 4 is 11.9 Å². The van der Waals surface area contributed by atoms with E-state index in [0.717, 1.165) is 36.1 Å². The van der Waals surface area contributed by atoms with Crippen LogP contribution in [0.4, 0.5) is 0 Å². The highest BCUT2D eigenvalue weighted by atomic mass is 16.1. The van der Waals surface area contributed by atoms with Crippen molar-refractivity contribution in [2.45, 2.75) is 19.8 Å². The topological polar surface area (TPSA) is 32.9 Å². The zero-order valence-electron chi connectivity index (χ0n) is 10.5. The van der Waals surface area contributed by atoms with Crippen molar-refractivity contribution in [1.29, 1.82) is 0 Å². The number of aromatic nitrogens is 1. The van der Waals surface area contributed by atoms with Gasteiger partial charge in [-0.25, -0.2) is 0 Å². The van der Waals surface area contributed by atoms with E-state index in [-0.39, 0.29) is 0 Å².